The lowest BCUT2D eigenvalue weighted by molar-refractivity contribution is -0.120. The van der Waals surface area contributed by atoms with Gasteiger partial charge in [0.25, 0.3) is 0 Å². The van der Waals surface area contributed by atoms with Gasteiger partial charge in [0.15, 0.2) is 0 Å². The summed E-state index contributed by atoms with van der Waals surface area (Å²) in [4.78, 5) is 14.1. The molecular weight excluding hydrogens is 235 g/mol. The Labute approximate surface area is 105 Å². The number of amides is 1. The van der Waals surface area contributed by atoms with E-state index < -0.39 is 0 Å². The Morgan fingerprint density at radius 2 is 2.28 bits per heavy atom. The monoisotopic (exact) mass is 250 g/mol. The van der Waals surface area contributed by atoms with Crippen molar-refractivity contribution in [3.8, 4) is 0 Å². The van der Waals surface area contributed by atoms with Gasteiger partial charge in [0, 0.05) is 18.0 Å². The Morgan fingerprint density at radius 3 is 3.00 bits per heavy atom. The summed E-state index contributed by atoms with van der Waals surface area (Å²) in [5.41, 5.74) is 8.71. The van der Waals surface area contributed by atoms with Crippen molar-refractivity contribution in [3.63, 3.8) is 0 Å². The van der Waals surface area contributed by atoms with Crippen LogP contribution >= 0.6 is 0 Å². The molecule has 0 saturated heterocycles. The number of rotatable bonds is 7. The number of nitrogens with one attached hydrogen (secondary N) is 1. The van der Waals surface area contributed by atoms with E-state index in [0.717, 1.165) is 12.8 Å². The molecule has 0 heterocycles. The first-order chi connectivity index (χ1) is 8.72. The van der Waals surface area contributed by atoms with Crippen LogP contribution in [-0.4, -0.2) is 19.0 Å². The number of unbranched alkanes of at least 4 members (excludes halogenated alkanes) is 1. The van der Waals surface area contributed by atoms with Gasteiger partial charge in [-0.15, -0.1) is 0 Å². The molecule has 1 aromatic carbocycles. The van der Waals surface area contributed by atoms with Crippen LogP contribution in [0.15, 0.2) is 29.4 Å². The molecule has 1 N–H and O–H groups in total. The van der Waals surface area contributed by atoms with Crippen molar-refractivity contribution in [1.29, 1.82) is 0 Å². The van der Waals surface area contributed by atoms with Crippen LogP contribution in [0, 0.1) is 5.82 Å². The smallest absolute Gasteiger partial charge is 0.224 e. The molecule has 6 heteroatoms. The minimum absolute atomic E-state index is 0.135. The molecule has 0 spiro atoms. The standard InChI is InChI=1S/C12H15FN4O/c13-11-5-3-4-10(8-11)9-12(18)15-6-1-2-7-16-17-14/h3-5,8H,1-2,6-7,9H2,(H,15,18). The zero-order valence-electron chi connectivity index (χ0n) is 9.97. The first-order valence-corrected chi connectivity index (χ1v) is 5.74. The lowest BCUT2D eigenvalue weighted by Gasteiger charge is -2.04. The maximum Gasteiger partial charge on any atom is 0.224 e. The molecule has 1 aromatic rings. The van der Waals surface area contributed by atoms with E-state index in [1.54, 1.807) is 12.1 Å². The van der Waals surface area contributed by atoms with Crippen molar-refractivity contribution < 1.29 is 9.18 Å². The fourth-order valence-corrected chi connectivity index (χ4v) is 1.47. The molecule has 5 nitrogen and oxygen atoms in total. The summed E-state index contributed by atoms with van der Waals surface area (Å²) in [7, 11) is 0. The number of hydrogen-bond donors (Lipinski definition) is 1. The van der Waals surface area contributed by atoms with E-state index in [1.165, 1.54) is 12.1 Å². The topological polar surface area (TPSA) is 77.9 Å². The number of benzene rings is 1. The molecule has 0 aliphatic heterocycles. The molecule has 0 bridgehead atoms. The van der Waals surface area contributed by atoms with Gasteiger partial charge in [0.05, 0.1) is 6.42 Å². The predicted molar refractivity (Wildman–Crippen MR) is 66.4 cm³/mol. The zero-order chi connectivity index (χ0) is 13.2. The molecule has 0 fully saturated rings. The number of azide groups is 1. The maximum absolute atomic E-state index is 12.9. The van der Waals surface area contributed by atoms with Crippen LogP contribution in [0.3, 0.4) is 0 Å². The number of carbonyl (C=O) groups is 1. The van der Waals surface area contributed by atoms with Gasteiger partial charge < -0.3 is 5.32 Å². The summed E-state index contributed by atoms with van der Waals surface area (Å²) in [5.74, 6) is -0.473. The van der Waals surface area contributed by atoms with Crippen molar-refractivity contribution in [3.05, 3.63) is 46.1 Å². The number of carbonyl (C=O) groups excluding carboxylic acids is 1. The minimum atomic E-state index is -0.338. The molecule has 0 aromatic heterocycles. The summed E-state index contributed by atoms with van der Waals surface area (Å²) in [5, 5.41) is 6.12. The Kier molecular flexibility index (Phi) is 6.28. The Bertz CT molecular complexity index is 443. The van der Waals surface area contributed by atoms with Gasteiger partial charge in [-0.05, 0) is 36.1 Å². The van der Waals surface area contributed by atoms with E-state index in [0.29, 0.717) is 18.7 Å². The van der Waals surface area contributed by atoms with E-state index in [-0.39, 0.29) is 18.1 Å². The number of nitrogens with zero attached hydrogens (tertiary/aromatic N) is 3. The van der Waals surface area contributed by atoms with Crippen LogP contribution in [0.1, 0.15) is 18.4 Å². The molecule has 1 rings (SSSR count). The molecule has 1 amide bonds. The van der Waals surface area contributed by atoms with E-state index >= 15 is 0 Å². The van der Waals surface area contributed by atoms with Crippen LogP contribution in [0.4, 0.5) is 4.39 Å². The molecule has 0 aliphatic carbocycles. The second kappa shape index (κ2) is 8.08. The van der Waals surface area contributed by atoms with Crippen LogP contribution < -0.4 is 5.32 Å². The Morgan fingerprint density at radius 1 is 1.44 bits per heavy atom. The van der Waals surface area contributed by atoms with Gasteiger partial charge >= 0.3 is 0 Å². The first kappa shape index (κ1) is 14.0. The number of hydrogen-bond acceptors (Lipinski definition) is 2. The highest BCUT2D eigenvalue weighted by molar-refractivity contribution is 5.78. The SMILES string of the molecule is [N-]=[N+]=NCCCCNC(=O)Cc1cccc(F)c1. The van der Waals surface area contributed by atoms with E-state index in [9.17, 15) is 9.18 Å². The van der Waals surface area contributed by atoms with Crippen molar-refractivity contribution in [2.45, 2.75) is 19.3 Å². The average molecular weight is 250 g/mol. The third kappa shape index (κ3) is 5.86. The average Bonchev–Trinajstić information content (AvgIpc) is 2.33. The van der Waals surface area contributed by atoms with Crippen molar-refractivity contribution in [1.82, 2.24) is 5.32 Å². The summed E-state index contributed by atoms with van der Waals surface area (Å²) in [6, 6.07) is 5.99. The Hall–Kier alpha value is -2.07. The van der Waals surface area contributed by atoms with E-state index in [2.05, 4.69) is 15.3 Å². The lowest BCUT2D eigenvalue weighted by Crippen LogP contribution is -2.26. The normalized spacial score (nSPS) is 9.61. The summed E-state index contributed by atoms with van der Waals surface area (Å²) >= 11 is 0. The highest BCUT2D eigenvalue weighted by Crippen LogP contribution is 2.04. The molecule has 0 radical (unpaired) electrons. The predicted octanol–water partition coefficient (Wildman–Crippen LogP) is 2.57. The second-order valence-corrected chi connectivity index (χ2v) is 3.82. The van der Waals surface area contributed by atoms with Gasteiger partial charge in [0.1, 0.15) is 5.82 Å². The lowest BCUT2D eigenvalue weighted by atomic mass is 10.1. The van der Waals surface area contributed by atoms with Crippen LogP contribution in [0.5, 0.6) is 0 Å². The van der Waals surface area contributed by atoms with Crippen molar-refractivity contribution >= 4 is 5.91 Å². The molecule has 0 unspecified atom stereocenters. The highest BCUT2D eigenvalue weighted by atomic mass is 19.1. The van der Waals surface area contributed by atoms with E-state index in [4.69, 9.17) is 5.53 Å². The minimum Gasteiger partial charge on any atom is -0.356 e. The summed E-state index contributed by atoms with van der Waals surface area (Å²) < 4.78 is 12.9. The third-order valence-electron chi connectivity index (χ3n) is 2.32. The molecule has 0 atom stereocenters. The molecule has 0 aliphatic rings. The maximum atomic E-state index is 12.9. The van der Waals surface area contributed by atoms with Gasteiger partial charge in [-0.25, -0.2) is 4.39 Å². The third-order valence-corrected chi connectivity index (χ3v) is 2.32. The Balaban J connectivity index is 2.19. The van der Waals surface area contributed by atoms with Gasteiger partial charge in [0.2, 0.25) is 5.91 Å². The quantitative estimate of drug-likeness (QED) is 0.343. The van der Waals surface area contributed by atoms with Crippen molar-refractivity contribution in [2.24, 2.45) is 5.11 Å². The van der Waals surface area contributed by atoms with Crippen LogP contribution in [0.2, 0.25) is 0 Å². The fraction of sp³-hybridized carbons (Fsp3) is 0.417. The summed E-state index contributed by atoms with van der Waals surface area (Å²) in [6.45, 7) is 0.978. The summed E-state index contributed by atoms with van der Waals surface area (Å²) in [6.07, 6.45) is 1.67. The largest absolute Gasteiger partial charge is 0.356 e. The molecular formula is C12H15FN4O. The first-order valence-electron chi connectivity index (χ1n) is 5.74. The van der Waals surface area contributed by atoms with Gasteiger partial charge in [-0.2, -0.15) is 0 Å². The zero-order valence-corrected chi connectivity index (χ0v) is 9.97. The van der Waals surface area contributed by atoms with Crippen molar-refractivity contribution in [2.75, 3.05) is 13.1 Å². The van der Waals surface area contributed by atoms with Gasteiger partial charge in [-0.3, -0.25) is 4.79 Å². The van der Waals surface area contributed by atoms with Crippen LogP contribution in [-0.2, 0) is 11.2 Å². The fourth-order valence-electron chi connectivity index (χ4n) is 1.47. The molecule has 0 saturated carbocycles. The second-order valence-electron chi connectivity index (χ2n) is 3.82. The molecule has 18 heavy (non-hydrogen) atoms. The highest BCUT2D eigenvalue weighted by Gasteiger charge is 2.03. The molecule has 96 valence electrons. The van der Waals surface area contributed by atoms with Crippen LogP contribution in [0.25, 0.3) is 10.4 Å². The van der Waals surface area contributed by atoms with Gasteiger partial charge in [-0.1, -0.05) is 17.2 Å². The van der Waals surface area contributed by atoms with E-state index in [1.807, 2.05) is 0 Å². The number of halogens is 1.